The fourth-order valence-corrected chi connectivity index (χ4v) is 5.93. The number of amides is 3. The van der Waals surface area contributed by atoms with E-state index in [0.717, 1.165) is 44.9 Å². The number of carboxylic acids is 1. The van der Waals surface area contributed by atoms with Crippen LogP contribution >= 0.6 is 0 Å². The Labute approximate surface area is 225 Å². The van der Waals surface area contributed by atoms with Crippen molar-refractivity contribution in [3.8, 4) is 0 Å². The molecule has 0 unspecified atom stereocenters. The molecule has 2 heterocycles. The fraction of sp³-hybridized carbons (Fsp3) is 0.714. The summed E-state index contributed by atoms with van der Waals surface area (Å²) in [6.07, 6.45) is 10.5. The third-order valence-corrected chi connectivity index (χ3v) is 8.09. The maximum atomic E-state index is 13.9. The van der Waals surface area contributed by atoms with Gasteiger partial charge in [-0.1, -0.05) is 60.3 Å². The Hall–Kier alpha value is -3.04. The zero-order chi connectivity index (χ0) is 28.0. The quantitative estimate of drug-likeness (QED) is 0.446. The van der Waals surface area contributed by atoms with Gasteiger partial charge in [0.25, 0.3) is 5.91 Å². The maximum Gasteiger partial charge on any atom is 0.326 e. The maximum absolute atomic E-state index is 13.9. The number of carboxylic acid groups (broad SMARTS) is 1. The average molecular weight is 530 g/mol. The Morgan fingerprint density at radius 2 is 1.79 bits per heavy atom. The summed E-state index contributed by atoms with van der Waals surface area (Å²) < 4.78 is 0. The number of carbonyl (C=O) groups is 4. The van der Waals surface area contributed by atoms with Crippen LogP contribution in [0.1, 0.15) is 90.1 Å². The van der Waals surface area contributed by atoms with Crippen molar-refractivity contribution in [2.75, 3.05) is 6.54 Å². The minimum atomic E-state index is -1.03. The van der Waals surface area contributed by atoms with Gasteiger partial charge in [-0.25, -0.2) is 9.78 Å². The highest BCUT2D eigenvalue weighted by Crippen LogP contribution is 2.35. The number of aliphatic carboxylic acids is 1. The first-order valence-corrected chi connectivity index (χ1v) is 13.9. The molecule has 2 aliphatic rings. The SMILES string of the molecule is CCC[C@H]1CN(C(=O)[C@@H](NC(=O)[C@@H](NC(=O)c2cnccn2)C2CCCCC2)C(C)(C)C)[C@H](C(=O)O)[C@H]1C. The molecule has 10 nitrogen and oxygen atoms in total. The van der Waals surface area contributed by atoms with Crippen molar-refractivity contribution in [2.24, 2.45) is 23.2 Å². The zero-order valence-electron chi connectivity index (χ0n) is 23.3. The van der Waals surface area contributed by atoms with Crippen molar-refractivity contribution in [1.29, 1.82) is 0 Å². The van der Waals surface area contributed by atoms with E-state index in [1.807, 2.05) is 34.6 Å². The summed E-state index contributed by atoms with van der Waals surface area (Å²) in [6.45, 7) is 9.83. The molecule has 2 fully saturated rings. The summed E-state index contributed by atoms with van der Waals surface area (Å²) in [5.74, 6) is -2.54. The van der Waals surface area contributed by atoms with Crippen LogP contribution in [-0.2, 0) is 14.4 Å². The Balaban J connectivity index is 1.86. The minimum absolute atomic E-state index is 0.0763. The average Bonchev–Trinajstić information content (AvgIpc) is 3.21. The summed E-state index contributed by atoms with van der Waals surface area (Å²) in [4.78, 5) is 62.3. The highest BCUT2D eigenvalue weighted by atomic mass is 16.4. The van der Waals surface area contributed by atoms with E-state index in [2.05, 4.69) is 20.6 Å². The lowest BCUT2D eigenvalue weighted by atomic mass is 9.82. The van der Waals surface area contributed by atoms with Gasteiger partial charge in [0.1, 0.15) is 23.8 Å². The normalized spacial score (nSPS) is 23.9. The molecular weight excluding hydrogens is 486 g/mol. The summed E-state index contributed by atoms with van der Waals surface area (Å²) >= 11 is 0. The summed E-state index contributed by atoms with van der Waals surface area (Å²) in [7, 11) is 0. The summed E-state index contributed by atoms with van der Waals surface area (Å²) in [6, 6.07) is -2.74. The highest BCUT2D eigenvalue weighted by Gasteiger charge is 2.49. The third-order valence-electron chi connectivity index (χ3n) is 8.09. The lowest BCUT2D eigenvalue weighted by Crippen LogP contribution is -2.61. The van der Waals surface area contributed by atoms with Gasteiger partial charge in [0, 0.05) is 18.9 Å². The smallest absolute Gasteiger partial charge is 0.326 e. The largest absolute Gasteiger partial charge is 0.480 e. The van der Waals surface area contributed by atoms with E-state index in [4.69, 9.17) is 0 Å². The number of nitrogens with one attached hydrogen (secondary N) is 2. The van der Waals surface area contributed by atoms with Gasteiger partial charge in [0.05, 0.1) is 6.20 Å². The van der Waals surface area contributed by atoms with Crippen LogP contribution in [0.4, 0.5) is 0 Å². The van der Waals surface area contributed by atoms with Gasteiger partial charge in [0.15, 0.2) is 0 Å². The Morgan fingerprint density at radius 1 is 1.11 bits per heavy atom. The van der Waals surface area contributed by atoms with Crippen LogP contribution in [0.5, 0.6) is 0 Å². The highest BCUT2D eigenvalue weighted by molar-refractivity contribution is 5.97. The van der Waals surface area contributed by atoms with Crippen molar-refractivity contribution in [2.45, 2.75) is 97.7 Å². The molecule has 10 heteroatoms. The molecule has 210 valence electrons. The first kappa shape index (κ1) is 29.5. The molecule has 1 aromatic rings. The molecule has 38 heavy (non-hydrogen) atoms. The first-order valence-electron chi connectivity index (χ1n) is 13.9. The number of hydrogen-bond donors (Lipinski definition) is 3. The van der Waals surface area contributed by atoms with Gasteiger partial charge >= 0.3 is 5.97 Å². The molecule has 1 saturated heterocycles. The van der Waals surface area contributed by atoms with E-state index in [9.17, 15) is 24.3 Å². The zero-order valence-corrected chi connectivity index (χ0v) is 23.3. The predicted octanol–water partition coefficient (Wildman–Crippen LogP) is 3.03. The topological polar surface area (TPSA) is 142 Å². The van der Waals surface area contributed by atoms with Crippen LogP contribution in [-0.4, -0.2) is 68.3 Å². The lowest BCUT2D eigenvalue weighted by Gasteiger charge is -2.37. The van der Waals surface area contributed by atoms with Crippen LogP contribution in [0.15, 0.2) is 18.6 Å². The van der Waals surface area contributed by atoms with Crippen molar-refractivity contribution in [3.63, 3.8) is 0 Å². The summed E-state index contributed by atoms with van der Waals surface area (Å²) in [5.41, 5.74) is -0.574. The van der Waals surface area contributed by atoms with Crippen molar-refractivity contribution in [3.05, 3.63) is 24.3 Å². The Kier molecular flexibility index (Phi) is 9.84. The van der Waals surface area contributed by atoms with Gasteiger partial charge in [-0.15, -0.1) is 0 Å². The van der Waals surface area contributed by atoms with Gasteiger partial charge in [-0.2, -0.15) is 0 Å². The number of rotatable bonds is 9. The number of nitrogens with zero attached hydrogens (tertiary/aromatic N) is 3. The van der Waals surface area contributed by atoms with E-state index in [-0.39, 0.29) is 23.4 Å². The molecule has 1 aliphatic carbocycles. The van der Waals surface area contributed by atoms with Gasteiger partial charge < -0.3 is 20.6 Å². The molecule has 1 saturated carbocycles. The van der Waals surface area contributed by atoms with E-state index in [1.165, 1.54) is 23.5 Å². The van der Waals surface area contributed by atoms with Crippen molar-refractivity contribution in [1.82, 2.24) is 25.5 Å². The monoisotopic (exact) mass is 529 g/mol. The number of aromatic nitrogens is 2. The lowest BCUT2D eigenvalue weighted by molar-refractivity contribution is -0.152. The van der Waals surface area contributed by atoms with Crippen LogP contribution < -0.4 is 10.6 Å². The van der Waals surface area contributed by atoms with Crippen LogP contribution in [0.25, 0.3) is 0 Å². The van der Waals surface area contributed by atoms with E-state index < -0.39 is 47.2 Å². The Morgan fingerprint density at radius 3 is 2.34 bits per heavy atom. The summed E-state index contributed by atoms with van der Waals surface area (Å²) in [5, 5.41) is 15.8. The molecule has 1 aromatic heterocycles. The minimum Gasteiger partial charge on any atom is -0.480 e. The first-order chi connectivity index (χ1) is 18.0. The molecule has 0 aromatic carbocycles. The van der Waals surface area contributed by atoms with Gasteiger partial charge in [0.2, 0.25) is 11.8 Å². The second kappa shape index (κ2) is 12.7. The van der Waals surface area contributed by atoms with Gasteiger partial charge in [-0.05, 0) is 42.4 Å². The van der Waals surface area contributed by atoms with Crippen molar-refractivity contribution < 1.29 is 24.3 Å². The molecular formula is C28H43N5O5. The van der Waals surface area contributed by atoms with Crippen molar-refractivity contribution >= 4 is 23.7 Å². The van der Waals surface area contributed by atoms with Crippen LogP contribution in [0, 0.1) is 23.2 Å². The molecule has 0 spiro atoms. The standard InChI is InChI=1S/C28H43N5O5/c1-6-10-19-16-33(22(17(19)2)27(37)38)26(36)23(28(3,4)5)32-25(35)21(18-11-8-7-9-12-18)31-24(34)20-15-29-13-14-30-20/h13-15,17-19,21-23H,6-12,16H2,1-5H3,(H,31,34)(H,32,35)(H,37,38)/t17-,19-,21-,22-,23+/m0/s1. The molecule has 3 rings (SSSR count). The van der Waals surface area contributed by atoms with Gasteiger partial charge in [-0.3, -0.25) is 19.4 Å². The van der Waals surface area contributed by atoms with Crippen LogP contribution in [0.2, 0.25) is 0 Å². The number of hydrogen-bond acceptors (Lipinski definition) is 6. The van der Waals surface area contributed by atoms with E-state index >= 15 is 0 Å². The number of carbonyl (C=O) groups excluding carboxylic acids is 3. The second-order valence-corrected chi connectivity index (χ2v) is 11.9. The van der Waals surface area contributed by atoms with E-state index in [1.54, 1.807) is 0 Å². The second-order valence-electron chi connectivity index (χ2n) is 11.9. The predicted molar refractivity (Wildman–Crippen MR) is 142 cm³/mol. The molecule has 3 N–H and O–H groups in total. The molecule has 1 aliphatic heterocycles. The third kappa shape index (κ3) is 6.88. The van der Waals surface area contributed by atoms with E-state index in [0.29, 0.717) is 6.54 Å². The number of likely N-dealkylation sites (tertiary alicyclic amines) is 1. The molecule has 3 amide bonds. The molecule has 0 radical (unpaired) electrons. The molecule has 5 atom stereocenters. The Bertz CT molecular complexity index is 989. The molecule has 0 bridgehead atoms. The fourth-order valence-electron chi connectivity index (χ4n) is 5.93. The van der Waals surface area contributed by atoms with Crippen LogP contribution in [0.3, 0.4) is 0 Å².